The normalized spacial score (nSPS) is 11.6. The highest BCUT2D eigenvalue weighted by molar-refractivity contribution is 7.99. The second kappa shape index (κ2) is 10.6. The summed E-state index contributed by atoms with van der Waals surface area (Å²) in [5, 5.41) is 15.2. The summed E-state index contributed by atoms with van der Waals surface area (Å²) >= 11 is 1.27. The molecular formula is C22H30N6O3S. The summed E-state index contributed by atoms with van der Waals surface area (Å²) in [5.74, 6) is 0.868. The van der Waals surface area contributed by atoms with E-state index in [-0.39, 0.29) is 42.1 Å². The van der Waals surface area contributed by atoms with Crippen molar-refractivity contribution < 1.29 is 9.59 Å². The highest BCUT2D eigenvalue weighted by atomic mass is 32.2. The number of hydrogen-bond acceptors (Lipinski definition) is 6. The van der Waals surface area contributed by atoms with E-state index in [0.717, 1.165) is 6.42 Å². The van der Waals surface area contributed by atoms with Gasteiger partial charge in [-0.25, -0.2) is 0 Å². The number of carbonyl (C=O) groups is 2. The summed E-state index contributed by atoms with van der Waals surface area (Å²) in [6.45, 7) is 8.82. The molecule has 0 saturated heterocycles. The molecule has 172 valence electrons. The minimum atomic E-state index is -0.221. The maximum absolute atomic E-state index is 13.1. The predicted octanol–water partition coefficient (Wildman–Crippen LogP) is 2.21. The van der Waals surface area contributed by atoms with E-state index >= 15 is 0 Å². The van der Waals surface area contributed by atoms with Gasteiger partial charge in [0.2, 0.25) is 17.6 Å². The Morgan fingerprint density at radius 2 is 1.84 bits per heavy atom. The number of rotatable bonds is 10. The molecule has 3 rings (SSSR count). The Bertz CT molecular complexity index is 1170. The Balaban J connectivity index is 1.88. The lowest BCUT2D eigenvalue weighted by Gasteiger charge is -2.12. The summed E-state index contributed by atoms with van der Waals surface area (Å²) in [6, 6.07) is 7.24. The molecule has 2 heterocycles. The SMILES string of the molecule is CC(C)CCNC(=O)CSc1nnc2n(CCC(=O)NC(C)C)c(=O)c3ccccc3n12. The van der Waals surface area contributed by atoms with Crippen molar-refractivity contribution >= 4 is 40.3 Å². The number of aromatic nitrogens is 4. The van der Waals surface area contributed by atoms with Crippen molar-refractivity contribution in [2.24, 2.45) is 5.92 Å². The molecule has 0 aliphatic rings. The molecule has 0 aliphatic carbocycles. The fourth-order valence-corrected chi connectivity index (χ4v) is 4.09. The average molecular weight is 459 g/mol. The second-order valence-corrected chi connectivity index (χ2v) is 9.33. The van der Waals surface area contributed by atoms with Crippen LogP contribution in [-0.4, -0.2) is 49.3 Å². The average Bonchev–Trinajstić information content (AvgIpc) is 3.15. The summed E-state index contributed by atoms with van der Waals surface area (Å²) in [4.78, 5) is 37.5. The van der Waals surface area contributed by atoms with Crippen LogP contribution in [0.4, 0.5) is 0 Å². The third-order valence-electron chi connectivity index (χ3n) is 4.87. The maximum atomic E-state index is 13.1. The van der Waals surface area contributed by atoms with Crippen LogP contribution in [0.15, 0.2) is 34.2 Å². The number of hydrogen-bond donors (Lipinski definition) is 2. The fraction of sp³-hybridized carbons (Fsp3) is 0.500. The number of para-hydroxylation sites is 1. The van der Waals surface area contributed by atoms with Gasteiger partial charge in [-0.15, -0.1) is 10.2 Å². The van der Waals surface area contributed by atoms with Gasteiger partial charge in [0, 0.05) is 25.6 Å². The van der Waals surface area contributed by atoms with Crippen LogP contribution in [0.5, 0.6) is 0 Å². The number of amides is 2. The van der Waals surface area contributed by atoms with Crippen molar-refractivity contribution in [1.82, 2.24) is 29.8 Å². The molecule has 2 aromatic heterocycles. The summed E-state index contributed by atoms with van der Waals surface area (Å²) in [7, 11) is 0. The molecule has 0 radical (unpaired) electrons. The number of fused-ring (bicyclic) bond motifs is 3. The number of benzene rings is 1. The van der Waals surface area contributed by atoms with E-state index in [2.05, 4.69) is 34.7 Å². The lowest BCUT2D eigenvalue weighted by Crippen LogP contribution is -2.32. The van der Waals surface area contributed by atoms with Crippen LogP contribution >= 0.6 is 11.8 Å². The van der Waals surface area contributed by atoms with E-state index in [1.54, 1.807) is 16.5 Å². The smallest absolute Gasteiger partial charge is 0.262 e. The van der Waals surface area contributed by atoms with Gasteiger partial charge >= 0.3 is 0 Å². The van der Waals surface area contributed by atoms with E-state index in [1.165, 1.54) is 16.3 Å². The molecule has 0 bridgehead atoms. The molecule has 0 unspecified atom stereocenters. The number of thioether (sulfide) groups is 1. The second-order valence-electron chi connectivity index (χ2n) is 8.39. The Morgan fingerprint density at radius 1 is 1.09 bits per heavy atom. The molecule has 0 saturated carbocycles. The van der Waals surface area contributed by atoms with Crippen molar-refractivity contribution in [3.63, 3.8) is 0 Å². The van der Waals surface area contributed by atoms with E-state index in [4.69, 9.17) is 0 Å². The zero-order chi connectivity index (χ0) is 23.3. The molecule has 3 aromatic rings. The highest BCUT2D eigenvalue weighted by Gasteiger charge is 2.18. The number of aryl methyl sites for hydroxylation is 1. The third kappa shape index (κ3) is 5.67. The first-order valence-corrected chi connectivity index (χ1v) is 11.8. The fourth-order valence-electron chi connectivity index (χ4n) is 3.32. The standard InChI is InChI=1S/C22H30N6O3S/c1-14(2)9-11-23-19(30)13-32-22-26-25-21-27(12-10-18(29)24-15(3)4)20(31)16-7-5-6-8-17(16)28(21)22/h5-8,14-15H,9-13H2,1-4H3,(H,23,30)(H,24,29). The zero-order valence-electron chi connectivity index (χ0n) is 18.9. The van der Waals surface area contributed by atoms with Crippen LogP contribution in [0.25, 0.3) is 16.7 Å². The van der Waals surface area contributed by atoms with Crippen molar-refractivity contribution in [2.75, 3.05) is 12.3 Å². The molecule has 0 fully saturated rings. The quantitative estimate of drug-likeness (QED) is 0.451. The molecule has 0 atom stereocenters. The van der Waals surface area contributed by atoms with Gasteiger partial charge in [-0.05, 0) is 38.3 Å². The highest BCUT2D eigenvalue weighted by Crippen LogP contribution is 2.21. The minimum absolute atomic E-state index is 0.0265. The number of nitrogens with one attached hydrogen (secondary N) is 2. The van der Waals surface area contributed by atoms with E-state index in [0.29, 0.717) is 34.3 Å². The molecule has 10 heteroatoms. The Kier molecular flexibility index (Phi) is 7.89. The molecule has 2 N–H and O–H groups in total. The summed E-state index contributed by atoms with van der Waals surface area (Å²) in [6.07, 6.45) is 1.07. The topological polar surface area (TPSA) is 110 Å². The Morgan fingerprint density at radius 3 is 2.56 bits per heavy atom. The lowest BCUT2D eigenvalue weighted by molar-refractivity contribution is -0.122. The lowest BCUT2D eigenvalue weighted by atomic mass is 10.1. The molecule has 2 amide bonds. The first-order valence-electron chi connectivity index (χ1n) is 10.8. The van der Waals surface area contributed by atoms with Crippen molar-refractivity contribution in [3.05, 3.63) is 34.6 Å². The van der Waals surface area contributed by atoms with Crippen LogP contribution in [0.1, 0.15) is 40.5 Å². The summed E-state index contributed by atoms with van der Waals surface area (Å²) < 4.78 is 3.26. The van der Waals surface area contributed by atoms with Crippen molar-refractivity contribution in [1.29, 1.82) is 0 Å². The monoisotopic (exact) mass is 458 g/mol. The molecule has 1 aromatic carbocycles. The Labute approximate surface area is 191 Å². The molecule has 0 spiro atoms. The van der Waals surface area contributed by atoms with Crippen LogP contribution in [-0.2, 0) is 16.1 Å². The van der Waals surface area contributed by atoms with Crippen LogP contribution in [0.2, 0.25) is 0 Å². The Hall–Kier alpha value is -2.88. The first kappa shape index (κ1) is 23.8. The van der Waals surface area contributed by atoms with Gasteiger partial charge in [0.15, 0.2) is 5.16 Å². The molecule has 9 nitrogen and oxygen atoms in total. The van der Waals surface area contributed by atoms with Gasteiger partial charge in [-0.1, -0.05) is 37.7 Å². The van der Waals surface area contributed by atoms with Crippen LogP contribution in [0.3, 0.4) is 0 Å². The maximum Gasteiger partial charge on any atom is 0.262 e. The van der Waals surface area contributed by atoms with Gasteiger partial charge in [-0.2, -0.15) is 0 Å². The molecular weight excluding hydrogens is 428 g/mol. The molecule has 0 aliphatic heterocycles. The van der Waals surface area contributed by atoms with E-state index in [1.807, 2.05) is 26.0 Å². The van der Waals surface area contributed by atoms with Gasteiger partial charge < -0.3 is 10.6 Å². The van der Waals surface area contributed by atoms with Gasteiger partial charge in [0.1, 0.15) is 0 Å². The largest absolute Gasteiger partial charge is 0.355 e. The predicted molar refractivity (Wildman–Crippen MR) is 126 cm³/mol. The van der Waals surface area contributed by atoms with E-state index in [9.17, 15) is 14.4 Å². The molecule has 32 heavy (non-hydrogen) atoms. The minimum Gasteiger partial charge on any atom is -0.355 e. The van der Waals surface area contributed by atoms with Crippen molar-refractivity contribution in [2.45, 2.75) is 58.3 Å². The number of carbonyl (C=O) groups excluding carboxylic acids is 2. The van der Waals surface area contributed by atoms with Crippen LogP contribution in [0, 0.1) is 5.92 Å². The number of nitrogens with zero attached hydrogens (tertiary/aromatic N) is 4. The van der Waals surface area contributed by atoms with Gasteiger partial charge in [0.25, 0.3) is 5.56 Å². The van der Waals surface area contributed by atoms with Gasteiger partial charge in [0.05, 0.1) is 16.7 Å². The van der Waals surface area contributed by atoms with E-state index < -0.39 is 0 Å². The van der Waals surface area contributed by atoms with Crippen LogP contribution < -0.4 is 16.2 Å². The zero-order valence-corrected chi connectivity index (χ0v) is 19.7. The summed E-state index contributed by atoms with van der Waals surface area (Å²) in [5.41, 5.74) is 0.448. The third-order valence-corrected chi connectivity index (χ3v) is 5.80. The van der Waals surface area contributed by atoms with Gasteiger partial charge in [-0.3, -0.25) is 23.4 Å². The first-order chi connectivity index (χ1) is 15.3. The van der Waals surface area contributed by atoms with Crippen molar-refractivity contribution in [3.8, 4) is 0 Å².